The van der Waals surface area contributed by atoms with Gasteiger partial charge in [0.2, 0.25) is 0 Å². The van der Waals surface area contributed by atoms with E-state index in [2.05, 4.69) is 135 Å². The Morgan fingerprint density at radius 1 is 0.300 bits per heavy atom. The molecule has 0 heterocycles. The largest absolute Gasteiger partial charge is 0.541 e. The summed E-state index contributed by atoms with van der Waals surface area (Å²) in [6.45, 7) is 43.4. The highest BCUT2D eigenvalue weighted by atomic mass is 28.4. The highest BCUT2D eigenvalue weighted by molar-refractivity contribution is 6.76. The Kier molecular flexibility index (Phi) is 13.3. The Labute approximate surface area is 418 Å². The van der Waals surface area contributed by atoms with Crippen LogP contribution in [0.15, 0.2) is 84.9 Å². The van der Waals surface area contributed by atoms with Crippen LogP contribution in [0.4, 0.5) is 17.6 Å². The van der Waals surface area contributed by atoms with Gasteiger partial charge < -0.3 is 17.7 Å². The second kappa shape index (κ2) is 17.5. The van der Waals surface area contributed by atoms with Crippen molar-refractivity contribution >= 4 is 76.4 Å². The van der Waals surface area contributed by atoms with Crippen molar-refractivity contribution in [1.29, 1.82) is 0 Å². The lowest BCUT2D eigenvalue weighted by atomic mass is 9.89. The molecule has 0 saturated heterocycles. The molecule has 7 aromatic rings. The lowest BCUT2D eigenvalue weighted by Crippen LogP contribution is -2.45. The van der Waals surface area contributed by atoms with Gasteiger partial charge >= 0.3 is 0 Å². The fourth-order valence-electron chi connectivity index (χ4n) is 7.78. The molecule has 0 amide bonds. The molecule has 4 nitrogen and oxygen atoms in total. The molecule has 0 bridgehead atoms. The van der Waals surface area contributed by atoms with E-state index in [4.69, 9.17) is 17.7 Å². The van der Waals surface area contributed by atoms with Gasteiger partial charge in [-0.3, -0.25) is 0 Å². The van der Waals surface area contributed by atoms with Gasteiger partial charge in [0.25, 0.3) is 33.3 Å². The second-order valence-corrected chi connectivity index (χ2v) is 44.3. The molecular weight excluding hydrogens is 949 g/mol. The molecule has 70 heavy (non-hydrogen) atoms. The standard InChI is InChI=1S/C58H74F4O4Si4/c1-55(2,3)67(13,14)63-51-41-27-23-21-25-37(41)39-31-29-35(33-43(39)53(51)65-69(17,18)57(7,8)9)45-46(48(60)50(62)49(61)47(45)59)36-30-32-40-38-26-22-24-28-42(38)52(64-68(15,16)56(4,5)6)54(44(40)34-36)66-70(19,20)58(10,11)12/h21-34H,1-20H3. The molecule has 0 radical (unpaired) electrons. The van der Waals surface area contributed by atoms with Gasteiger partial charge in [-0.1, -0.05) is 156 Å². The fourth-order valence-corrected chi connectivity index (χ4v) is 11.9. The molecular formula is C58H74F4O4Si4. The monoisotopic (exact) mass is 1020 g/mol. The maximum Gasteiger partial charge on any atom is 0.250 e. The zero-order valence-electron chi connectivity index (χ0n) is 45.2. The lowest BCUT2D eigenvalue weighted by molar-refractivity contribution is 0.412. The van der Waals surface area contributed by atoms with Crippen molar-refractivity contribution in [2.75, 3.05) is 0 Å². The summed E-state index contributed by atoms with van der Waals surface area (Å²) in [4.78, 5) is 0. The lowest BCUT2D eigenvalue weighted by Gasteiger charge is -2.40. The summed E-state index contributed by atoms with van der Waals surface area (Å²) < 4.78 is 95.5. The van der Waals surface area contributed by atoms with Crippen LogP contribution in [-0.2, 0) is 0 Å². The Morgan fingerprint density at radius 2 is 0.529 bits per heavy atom. The molecule has 0 aromatic heterocycles. The molecule has 0 spiro atoms. The van der Waals surface area contributed by atoms with Crippen LogP contribution in [0.2, 0.25) is 72.5 Å². The number of hydrogen-bond donors (Lipinski definition) is 0. The van der Waals surface area contributed by atoms with Crippen LogP contribution < -0.4 is 17.7 Å². The van der Waals surface area contributed by atoms with Crippen molar-refractivity contribution in [1.82, 2.24) is 0 Å². The molecule has 0 N–H and O–H groups in total. The fraction of sp³-hybridized carbons (Fsp3) is 0.414. The molecule has 0 unspecified atom stereocenters. The van der Waals surface area contributed by atoms with Crippen LogP contribution in [0.25, 0.3) is 65.3 Å². The molecule has 374 valence electrons. The molecule has 0 saturated carbocycles. The highest BCUT2D eigenvalue weighted by Gasteiger charge is 2.45. The van der Waals surface area contributed by atoms with E-state index >= 15 is 17.6 Å². The number of rotatable bonds is 10. The van der Waals surface area contributed by atoms with Gasteiger partial charge in [-0.25, -0.2) is 17.6 Å². The van der Waals surface area contributed by atoms with Crippen LogP contribution in [0.1, 0.15) is 83.1 Å². The Hall–Kier alpha value is -4.63. The van der Waals surface area contributed by atoms with Gasteiger partial charge in [-0.15, -0.1) is 0 Å². The van der Waals surface area contributed by atoms with E-state index in [-0.39, 0.29) is 31.3 Å². The first-order valence-electron chi connectivity index (χ1n) is 24.5. The van der Waals surface area contributed by atoms with Crippen molar-refractivity contribution in [3.63, 3.8) is 0 Å². The first-order chi connectivity index (χ1) is 31.9. The van der Waals surface area contributed by atoms with E-state index < -0.39 is 67.7 Å². The predicted molar refractivity (Wildman–Crippen MR) is 298 cm³/mol. The Morgan fingerprint density at radius 3 is 0.786 bits per heavy atom. The third-order valence-corrected chi connectivity index (χ3v) is 33.7. The zero-order valence-corrected chi connectivity index (χ0v) is 49.2. The van der Waals surface area contributed by atoms with Crippen LogP contribution in [0, 0.1) is 23.3 Å². The predicted octanol–water partition coefficient (Wildman–Crippen LogP) is 19.7. The minimum absolute atomic E-state index is 0.143. The second-order valence-electron chi connectivity index (χ2n) is 25.4. The van der Waals surface area contributed by atoms with Gasteiger partial charge in [0.15, 0.2) is 46.3 Å². The third-order valence-electron chi connectivity index (χ3n) is 16.4. The number of hydrogen-bond acceptors (Lipinski definition) is 4. The normalized spacial score (nSPS) is 13.7. The van der Waals surface area contributed by atoms with E-state index in [1.54, 1.807) is 24.3 Å². The summed E-state index contributed by atoms with van der Waals surface area (Å²) in [5.74, 6) is -4.63. The number of halogens is 4. The van der Waals surface area contributed by atoms with Crippen LogP contribution in [-0.4, -0.2) is 33.3 Å². The van der Waals surface area contributed by atoms with E-state index in [1.807, 2.05) is 60.7 Å². The van der Waals surface area contributed by atoms with Gasteiger partial charge in [-0.05, 0) is 117 Å². The van der Waals surface area contributed by atoms with Crippen molar-refractivity contribution in [3.8, 4) is 45.3 Å². The van der Waals surface area contributed by atoms with Crippen molar-refractivity contribution < 1.29 is 35.3 Å². The molecule has 0 atom stereocenters. The molecule has 12 heteroatoms. The van der Waals surface area contributed by atoms with Crippen LogP contribution >= 0.6 is 0 Å². The van der Waals surface area contributed by atoms with Crippen molar-refractivity contribution in [2.24, 2.45) is 0 Å². The Balaban J connectivity index is 1.62. The average molecular weight is 1020 g/mol. The average Bonchev–Trinajstić information content (AvgIpc) is 3.24. The topological polar surface area (TPSA) is 36.9 Å². The molecule has 0 fully saturated rings. The number of fused-ring (bicyclic) bond motifs is 6. The minimum atomic E-state index is -2.64. The smallest absolute Gasteiger partial charge is 0.250 e. The quantitative estimate of drug-likeness (QED) is 0.0450. The number of benzene rings is 7. The van der Waals surface area contributed by atoms with E-state index in [1.165, 1.54) is 0 Å². The van der Waals surface area contributed by atoms with Gasteiger partial charge in [0.1, 0.15) is 0 Å². The zero-order chi connectivity index (χ0) is 52.3. The molecule has 0 aliphatic carbocycles. The van der Waals surface area contributed by atoms with Gasteiger partial charge in [0.05, 0.1) is 0 Å². The Bertz CT molecular complexity index is 2990. The maximum atomic E-state index is 17.1. The summed E-state index contributed by atoms with van der Waals surface area (Å²) in [7, 11) is -10.4. The first kappa shape index (κ1) is 53.2. The molecule has 0 aliphatic rings. The third kappa shape index (κ3) is 9.24. The SMILES string of the molecule is CC(C)(C)[Si](C)(C)Oc1c(O[Si](C)(C)C(C)(C)C)c2cc(-c3c(F)c(F)c(F)c(F)c3-c3ccc4c(c3)c(O[Si](C)(C)C(C)(C)C)c(O[Si](C)(C)C(C)(C)C)c3ccccc34)ccc2c2ccccc12. The van der Waals surface area contributed by atoms with E-state index in [0.29, 0.717) is 33.8 Å². The van der Waals surface area contributed by atoms with Gasteiger partial charge in [-0.2, -0.15) is 0 Å². The molecule has 7 rings (SSSR count). The summed E-state index contributed by atoms with van der Waals surface area (Å²) in [6, 6.07) is 26.4. The van der Waals surface area contributed by atoms with Crippen LogP contribution in [0.3, 0.4) is 0 Å². The van der Waals surface area contributed by atoms with Crippen molar-refractivity contribution in [2.45, 2.75) is 156 Å². The summed E-state index contributed by atoms with van der Waals surface area (Å²) >= 11 is 0. The molecule has 7 aromatic carbocycles. The highest BCUT2D eigenvalue weighted by Crippen LogP contribution is 2.54. The first-order valence-corrected chi connectivity index (χ1v) is 36.2. The van der Waals surface area contributed by atoms with E-state index in [9.17, 15) is 0 Å². The summed E-state index contributed by atoms with van der Waals surface area (Å²) in [5, 5.41) is 5.42. The summed E-state index contributed by atoms with van der Waals surface area (Å²) in [5.41, 5.74) is -0.544. The maximum absolute atomic E-state index is 17.1. The minimum Gasteiger partial charge on any atom is -0.541 e. The van der Waals surface area contributed by atoms with Gasteiger partial charge in [0, 0.05) is 32.7 Å². The summed E-state index contributed by atoms with van der Waals surface area (Å²) in [6.07, 6.45) is 0. The van der Waals surface area contributed by atoms with Crippen LogP contribution in [0.5, 0.6) is 23.0 Å². The van der Waals surface area contributed by atoms with E-state index in [0.717, 1.165) is 32.3 Å². The van der Waals surface area contributed by atoms with Crippen molar-refractivity contribution in [3.05, 3.63) is 108 Å². The molecule has 0 aliphatic heterocycles.